The summed E-state index contributed by atoms with van der Waals surface area (Å²) in [7, 11) is 3.62. The Morgan fingerprint density at radius 1 is 0.750 bits per heavy atom. The predicted molar refractivity (Wildman–Crippen MR) is 214 cm³/mol. The molecular weight excluding hydrogens is 715 g/mol. The van der Waals surface area contributed by atoms with E-state index in [0.717, 1.165) is 12.8 Å². The fourth-order valence-corrected chi connectivity index (χ4v) is 7.10. The first kappa shape index (κ1) is 41.2. The average Bonchev–Trinajstić information content (AvgIpc) is 3.97. The third kappa shape index (κ3) is 8.94. The Kier molecular flexibility index (Phi) is 12.7. The zero-order valence-electron chi connectivity index (χ0n) is 31.7. The maximum absolute atomic E-state index is 13.3. The highest BCUT2D eigenvalue weighted by Crippen LogP contribution is 2.29. The van der Waals surface area contributed by atoms with E-state index in [0.29, 0.717) is 81.7 Å². The maximum Gasteiger partial charge on any atom is 0.262 e. The van der Waals surface area contributed by atoms with Gasteiger partial charge < -0.3 is 26.2 Å². The van der Waals surface area contributed by atoms with E-state index in [-0.39, 0.29) is 67.7 Å². The zero-order chi connectivity index (χ0) is 39.6. The van der Waals surface area contributed by atoms with E-state index in [4.69, 9.17) is 0 Å². The summed E-state index contributed by atoms with van der Waals surface area (Å²) in [4.78, 5) is 86.3. The fraction of sp³-hybridized carbons (Fsp3) is 0.415. The van der Waals surface area contributed by atoms with Crippen molar-refractivity contribution in [1.29, 1.82) is 0 Å². The lowest BCUT2D eigenvalue weighted by atomic mass is 10.0. The van der Waals surface area contributed by atoms with Crippen LogP contribution >= 0.6 is 0 Å². The van der Waals surface area contributed by atoms with E-state index in [1.807, 2.05) is 32.3 Å². The van der Waals surface area contributed by atoms with Gasteiger partial charge in [-0.2, -0.15) is 0 Å². The highest BCUT2D eigenvalue weighted by atomic mass is 16.2. The van der Waals surface area contributed by atoms with Gasteiger partial charge in [-0.15, -0.1) is 0 Å². The van der Waals surface area contributed by atoms with Crippen molar-refractivity contribution in [3.05, 3.63) is 104 Å². The molecule has 7 rings (SSSR count). The van der Waals surface area contributed by atoms with Crippen LogP contribution in [0.25, 0.3) is 21.8 Å². The van der Waals surface area contributed by atoms with Crippen LogP contribution in [0.2, 0.25) is 0 Å². The molecule has 0 bridgehead atoms. The van der Waals surface area contributed by atoms with E-state index in [1.54, 1.807) is 36.9 Å². The van der Waals surface area contributed by atoms with E-state index in [1.165, 1.54) is 9.13 Å². The minimum Gasteiger partial charge on any atom is -0.352 e. The average molecular weight is 766 g/mol. The number of aromatic nitrogens is 4. The first-order valence-electron chi connectivity index (χ1n) is 18.4. The van der Waals surface area contributed by atoms with Gasteiger partial charge in [0.1, 0.15) is 23.7 Å². The Balaban J connectivity index is 0.000000211. The van der Waals surface area contributed by atoms with E-state index in [2.05, 4.69) is 44.4 Å². The number of carbonyl (C=O) groups is 4. The van der Waals surface area contributed by atoms with Crippen LogP contribution < -0.4 is 32.4 Å². The minimum absolute atomic E-state index is 0. The second-order valence-electron chi connectivity index (χ2n) is 14.6. The van der Waals surface area contributed by atoms with E-state index in [9.17, 15) is 28.8 Å². The Labute approximate surface area is 325 Å². The van der Waals surface area contributed by atoms with Crippen LogP contribution in [0.5, 0.6) is 0 Å². The number of piperidine rings is 2. The number of nitrogens with one attached hydrogen (secondary N) is 4. The van der Waals surface area contributed by atoms with Gasteiger partial charge in [-0.3, -0.25) is 37.9 Å². The monoisotopic (exact) mass is 765 g/mol. The van der Waals surface area contributed by atoms with Crippen LogP contribution in [0.15, 0.2) is 70.5 Å². The number of hydrogen-bond acceptors (Lipinski definition) is 9. The molecule has 2 atom stereocenters. The molecule has 2 aromatic carbocycles. The molecule has 2 aromatic heterocycles. The number of likely N-dealkylation sites (N-methyl/N-ethyl adjacent to an activating group) is 1. The highest BCUT2D eigenvalue weighted by Gasteiger charge is 2.31. The Morgan fingerprint density at radius 2 is 1.20 bits per heavy atom. The first-order chi connectivity index (χ1) is 26.2. The number of rotatable bonds is 9. The van der Waals surface area contributed by atoms with Crippen molar-refractivity contribution < 1.29 is 19.2 Å². The molecule has 2 saturated heterocycles. The predicted octanol–water partition coefficient (Wildman–Crippen LogP) is 3.18. The summed E-state index contributed by atoms with van der Waals surface area (Å²) < 4.78 is 2.92. The van der Waals surface area contributed by atoms with Gasteiger partial charge in [-0.05, 0) is 89.7 Å². The molecule has 1 saturated carbocycles. The smallest absolute Gasteiger partial charge is 0.262 e. The number of fused-ring (bicyclic) bond motifs is 2. The SMILES string of the molecule is C.C=C1CCC(n2c(C)nc3cccc(CNC(=O)C4CC4)c3c2=O)C(=O)N1.C=C1CCC(n2c(C)nc3cccc(CNC(=O)CN(C)C)c3c2=O)C(=O)N1. The topological polar surface area (TPSA) is 189 Å². The lowest BCUT2D eigenvalue weighted by molar-refractivity contribution is -0.125. The number of allylic oxidation sites excluding steroid dienone is 2. The van der Waals surface area contributed by atoms with Crippen molar-refractivity contribution in [3.63, 3.8) is 0 Å². The molecule has 15 nitrogen and oxygen atoms in total. The van der Waals surface area contributed by atoms with Crippen molar-refractivity contribution in [1.82, 2.24) is 45.3 Å². The van der Waals surface area contributed by atoms with Crippen LogP contribution in [-0.2, 0) is 32.3 Å². The highest BCUT2D eigenvalue weighted by molar-refractivity contribution is 5.87. The summed E-state index contributed by atoms with van der Waals surface area (Å²) >= 11 is 0. The van der Waals surface area contributed by atoms with Gasteiger partial charge in [0.2, 0.25) is 23.6 Å². The lowest BCUT2D eigenvalue weighted by Gasteiger charge is -2.26. The van der Waals surface area contributed by atoms with Crippen molar-refractivity contribution >= 4 is 45.4 Å². The number of hydrogen-bond donors (Lipinski definition) is 4. The van der Waals surface area contributed by atoms with Crippen molar-refractivity contribution in [2.24, 2.45) is 5.92 Å². The van der Waals surface area contributed by atoms with Crippen LogP contribution in [0.4, 0.5) is 0 Å². The summed E-state index contributed by atoms with van der Waals surface area (Å²) in [5.41, 5.74) is 3.33. The van der Waals surface area contributed by atoms with E-state index < -0.39 is 12.1 Å². The molecule has 3 aliphatic rings. The summed E-state index contributed by atoms with van der Waals surface area (Å²) in [6, 6.07) is 9.58. The van der Waals surface area contributed by atoms with E-state index >= 15 is 0 Å². The third-order valence-corrected chi connectivity index (χ3v) is 9.99. The minimum atomic E-state index is -0.619. The molecule has 15 heteroatoms. The number of carbonyl (C=O) groups excluding carboxylic acids is 4. The van der Waals surface area contributed by atoms with Gasteiger partial charge >= 0.3 is 0 Å². The Morgan fingerprint density at radius 3 is 1.61 bits per heavy atom. The number of nitrogens with zero attached hydrogens (tertiary/aromatic N) is 5. The molecule has 2 aliphatic heterocycles. The summed E-state index contributed by atoms with van der Waals surface area (Å²) in [6.45, 7) is 11.8. The zero-order valence-corrected chi connectivity index (χ0v) is 31.7. The van der Waals surface area contributed by atoms with Gasteiger partial charge in [-0.1, -0.05) is 44.8 Å². The summed E-state index contributed by atoms with van der Waals surface area (Å²) in [6.07, 6.45) is 4.11. The van der Waals surface area contributed by atoms with Gasteiger partial charge in [0.05, 0.1) is 28.4 Å². The van der Waals surface area contributed by atoms with Gasteiger partial charge in [0.25, 0.3) is 11.1 Å². The molecule has 56 heavy (non-hydrogen) atoms. The molecule has 0 radical (unpaired) electrons. The third-order valence-electron chi connectivity index (χ3n) is 9.99. The number of aryl methyl sites for hydroxylation is 2. The van der Waals surface area contributed by atoms with Crippen molar-refractivity contribution in [3.8, 4) is 0 Å². The maximum atomic E-state index is 13.3. The van der Waals surface area contributed by atoms with Crippen molar-refractivity contribution in [2.45, 2.75) is 85.0 Å². The molecule has 4 heterocycles. The quantitative estimate of drug-likeness (QED) is 0.198. The molecule has 4 aromatic rings. The fourth-order valence-electron chi connectivity index (χ4n) is 7.10. The standard InChI is InChI=1S/C20H25N5O3.C20H22N4O3.CH4/c1-12-8-9-16(19(27)22-12)25-13(2)23-15-7-5-6-14(18(15)20(25)28)10-21-17(26)11-24(3)4;1-11-6-9-16(19(26)22-11)24-12(2)23-15-5-3-4-14(17(15)20(24)27)10-21-18(25)13-7-8-13;/h5-7,16H,1,8-11H2,2-4H3,(H,21,26)(H,22,27);3-5,13,16H,1,6-10H2,2H3,(H,21,25)(H,22,26);1H4. The first-order valence-corrected chi connectivity index (χ1v) is 18.4. The van der Waals surface area contributed by atoms with Crippen LogP contribution in [0.1, 0.15) is 80.8 Å². The number of benzene rings is 2. The van der Waals surface area contributed by atoms with Crippen LogP contribution in [0, 0.1) is 19.8 Å². The normalized spacial score (nSPS) is 18.1. The second kappa shape index (κ2) is 17.2. The largest absolute Gasteiger partial charge is 0.352 e. The Bertz CT molecular complexity index is 2360. The molecule has 2 unspecified atom stereocenters. The van der Waals surface area contributed by atoms with Crippen LogP contribution in [0.3, 0.4) is 0 Å². The van der Waals surface area contributed by atoms with Crippen molar-refractivity contribution in [2.75, 3.05) is 20.6 Å². The molecule has 1 aliphatic carbocycles. The van der Waals surface area contributed by atoms with Gasteiger partial charge in [-0.25, -0.2) is 9.97 Å². The molecule has 3 fully saturated rings. The van der Waals surface area contributed by atoms with Gasteiger partial charge in [0, 0.05) is 30.4 Å². The number of amides is 4. The molecule has 296 valence electrons. The molecule has 4 N–H and O–H groups in total. The molecular formula is C41H51N9O6. The summed E-state index contributed by atoms with van der Waals surface area (Å²) in [5.74, 6) is 0.496. The Hall–Kier alpha value is -5.96. The lowest BCUT2D eigenvalue weighted by Crippen LogP contribution is -2.41. The van der Waals surface area contributed by atoms with Crippen LogP contribution in [-0.4, -0.2) is 68.3 Å². The second-order valence-corrected chi connectivity index (χ2v) is 14.6. The molecule has 4 amide bonds. The molecule has 0 spiro atoms. The van der Waals surface area contributed by atoms with Gasteiger partial charge in [0.15, 0.2) is 0 Å². The summed E-state index contributed by atoms with van der Waals surface area (Å²) in [5, 5.41) is 12.1.